The van der Waals surface area contributed by atoms with Gasteiger partial charge in [-0.3, -0.25) is 10.1 Å². The SMILES string of the molecule is CSc1ccc([N+](=O)[O-])c(Cl)c1. The molecule has 0 saturated heterocycles. The van der Waals surface area contributed by atoms with Gasteiger partial charge in [0.15, 0.2) is 0 Å². The third kappa shape index (κ3) is 1.89. The van der Waals surface area contributed by atoms with Gasteiger partial charge in [-0.05, 0) is 18.4 Å². The zero-order chi connectivity index (χ0) is 9.14. The number of benzene rings is 1. The molecule has 0 spiro atoms. The molecule has 0 heterocycles. The maximum atomic E-state index is 10.3. The van der Waals surface area contributed by atoms with Crippen LogP contribution in [0.4, 0.5) is 5.69 Å². The Kier molecular flexibility index (Phi) is 2.94. The van der Waals surface area contributed by atoms with Crippen LogP contribution in [-0.2, 0) is 0 Å². The monoisotopic (exact) mass is 203 g/mol. The molecule has 64 valence electrons. The molecule has 0 bridgehead atoms. The van der Waals surface area contributed by atoms with E-state index in [1.54, 1.807) is 12.1 Å². The number of thioether (sulfide) groups is 1. The quantitative estimate of drug-likeness (QED) is 0.422. The minimum Gasteiger partial charge on any atom is -0.258 e. The molecule has 0 radical (unpaired) electrons. The average Bonchev–Trinajstić information content (AvgIpc) is 2.03. The van der Waals surface area contributed by atoms with E-state index in [1.165, 1.54) is 17.8 Å². The number of hydrogen-bond donors (Lipinski definition) is 0. The minimum absolute atomic E-state index is 0.0468. The molecule has 0 unspecified atom stereocenters. The van der Waals surface area contributed by atoms with Gasteiger partial charge < -0.3 is 0 Å². The highest BCUT2D eigenvalue weighted by Gasteiger charge is 2.11. The summed E-state index contributed by atoms with van der Waals surface area (Å²) in [5.74, 6) is 0. The van der Waals surface area contributed by atoms with Crippen molar-refractivity contribution in [2.75, 3.05) is 6.26 Å². The summed E-state index contributed by atoms with van der Waals surface area (Å²) < 4.78 is 0. The summed E-state index contributed by atoms with van der Waals surface area (Å²) in [7, 11) is 0. The third-order valence-electron chi connectivity index (χ3n) is 1.35. The maximum Gasteiger partial charge on any atom is 0.287 e. The zero-order valence-corrected chi connectivity index (χ0v) is 7.85. The Bertz CT molecular complexity index is 316. The molecule has 1 rings (SSSR count). The van der Waals surface area contributed by atoms with E-state index in [-0.39, 0.29) is 10.7 Å². The molecule has 3 nitrogen and oxygen atoms in total. The molecule has 0 aromatic heterocycles. The standard InChI is InChI=1S/C7H6ClNO2S/c1-12-5-2-3-7(9(10)11)6(8)4-5/h2-4H,1H3. The topological polar surface area (TPSA) is 43.1 Å². The van der Waals surface area contributed by atoms with Crippen molar-refractivity contribution >= 4 is 29.1 Å². The number of halogens is 1. The molecule has 12 heavy (non-hydrogen) atoms. The first kappa shape index (κ1) is 9.35. The Balaban J connectivity index is 3.12. The summed E-state index contributed by atoms with van der Waals surface area (Å²) in [6.45, 7) is 0. The van der Waals surface area contributed by atoms with Gasteiger partial charge in [0, 0.05) is 11.0 Å². The van der Waals surface area contributed by atoms with Crippen LogP contribution in [0, 0.1) is 10.1 Å². The Labute approximate surface area is 78.9 Å². The minimum atomic E-state index is -0.494. The largest absolute Gasteiger partial charge is 0.287 e. The predicted octanol–water partition coefficient (Wildman–Crippen LogP) is 2.97. The van der Waals surface area contributed by atoms with Crippen LogP contribution in [0.15, 0.2) is 23.1 Å². The van der Waals surface area contributed by atoms with Crippen molar-refractivity contribution in [3.8, 4) is 0 Å². The fraction of sp³-hybridized carbons (Fsp3) is 0.143. The fourth-order valence-electron chi connectivity index (χ4n) is 0.763. The van der Waals surface area contributed by atoms with E-state index in [0.29, 0.717) is 0 Å². The summed E-state index contributed by atoms with van der Waals surface area (Å²) >= 11 is 7.14. The molecule has 0 aliphatic rings. The van der Waals surface area contributed by atoms with E-state index in [9.17, 15) is 10.1 Å². The highest BCUT2D eigenvalue weighted by atomic mass is 35.5. The van der Waals surface area contributed by atoms with Gasteiger partial charge in [-0.15, -0.1) is 11.8 Å². The molecule has 1 aromatic carbocycles. The molecule has 0 saturated carbocycles. The lowest BCUT2D eigenvalue weighted by molar-refractivity contribution is -0.384. The number of nitrogens with zero attached hydrogens (tertiary/aromatic N) is 1. The van der Waals surface area contributed by atoms with Crippen LogP contribution in [0.2, 0.25) is 5.02 Å². The molecule has 5 heteroatoms. The summed E-state index contributed by atoms with van der Waals surface area (Å²) in [5.41, 5.74) is -0.0468. The van der Waals surface area contributed by atoms with Crippen LogP contribution in [0.25, 0.3) is 0 Å². The van der Waals surface area contributed by atoms with Gasteiger partial charge in [0.1, 0.15) is 5.02 Å². The molecule has 1 aromatic rings. The normalized spacial score (nSPS) is 9.83. The van der Waals surface area contributed by atoms with E-state index < -0.39 is 4.92 Å². The van der Waals surface area contributed by atoms with E-state index in [2.05, 4.69) is 0 Å². The van der Waals surface area contributed by atoms with Crippen molar-refractivity contribution in [2.45, 2.75) is 4.90 Å². The van der Waals surface area contributed by atoms with Crippen molar-refractivity contribution in [1.29, 1.82) is 0 Å². The van der Waals surface area contributed by atoms with Crippen molar-refractivity contribution in [3.63, 3.8) is 0 Å². The Hall–Kier alpha value is -0.740. The molecular formula is C7H6ClNO2S. The van der Waals surface area contributed by atoms with Crippen molar-refractivity contribution in [2.24, 2.45) is 0 Å². The van der Waals surface area contributed by atoms with Gasteiger partial charge >= 0.3 is 0 Å². The fourth-order valence-corrected chi connectivity index (χ4v) is 1.52. The highest BCUT2D eigenvalue weighted by Crippen LogP contribution is 2.28. The van der Waals surface area contributed by atoms with Crippen molar-refractivity contribution in [3.05, 3.63) is 33.3 Å². The van der Waals surface area contributed by atoms with Crippen LogP contribution in [-0.4, -0.2) is 11.2 Å². The number of nitro groups is 1. The molecule has 0 amide bonds. The molecule has 0 aliphatic heterocycles. The molecule has 0 fully saturated rings. The molecule has 0 aliphatic carbocycles. The smallest absolute Gasteiger partial charge is 0.258 e. The predicted molar refractivity (Wildman–Crippen MR) is 49.9 cm³/mol. The molecule has 0 atom stereocenters. The zero-order valence-electron chi connectivity index (χ0n) is 6.28. The lowest BCUT2D eigenvalue weighted by atomic mass is 10.3. The summed E-state index contributed by atoms with van der Waals surface area (Å²) in [5, 5.41) is 10.5. The van der Waals surface area contributed by atoms with Crippen LogP contribution in [0.3, 0.4) is 0 Å². The van der Waals surface area contributed by atoms with Crippen LogP contribution in [0.5, 0.6) is 0 Å². The van der Waals surface area contributed by atoms with E-state index >= 15 is 0 Å². The first-order chi connectivity index (χ1) is 5.65. The molecular weight excluding hydrogens is 198 g/mol. The number of nitro benzene ring substituents is 1. The van der Waals surface area contributed by atoms with Crippen molar-refractivity contribution in [1.82, 2.24) is 0 Å². The molecule has 0 N–H and O–H groups in total. The Morgan fingerprint density at radius 1 is 1.58 bits per heavy atom. The van der Waals surface area contributed by atoms with Crippen LogP contribution >= 0.6 is 23.4 Å². The second-order valence-corrected chi connectivity index (χ2v) is 3.36. The maximum absolute atomic E-state index is 10.3. The summed E-state index contributed by atoms with van der Waals surface area (Å²) in [4.78, 5) is 10.8. The Morgan fingerprint density at radius 3 is 2.67 bits per heavy atom. The third-order valence-corrected chi connectivity index (χ3v) is 2.38. The van der Waals surface area contributed by atoms with Gasteiger partial charge in [-0.2, -0.15) is 0 Å². The highest BCUT2D eigenvalue weighted by molar-refractivity contribution is 7.98. The summed E-state index contributed by atoms with van der Waals surface area (Å²) in [6, 6.07) is 4.67. The lowest BCUT2D eigenvalue weighted by Gasteiger charge is -1.97. The van der Waals surface area contributed by atoms with Gasteiger partial charge in [0.2, 0.25) is 0 Å². The van der Waals surface area contributed by atoms with E-state index in [0.717, 1.165) is 4.90 Å². The average molecular weight is 204 g/mol. The van der Waals surface area contributed by atoms with Gasteiger partial charge in [0.25, 0.3) is 5.69 Å². The summed E-state index contributed by atoms with van der Waals surface area (Å²) in [6.07, 6.45) is 1.89. The number of rotatable bonds is 2. The number of hydrogen-bond acceptors (Lipinski definition) is 3. The van der Waals surface area contributed by atoms with Gasteiger partial charge in [0.05, 0.1) is 4.92 Å². The Morgan fingerprint density at radius 2 is 2.25 bits per heavy atom. The lowest BCUT2D eigenvalue weighted by Crippen LogP contribution is -1.88. The van der Waals surface area contributed by atoms with E-state index in [1.807, 2.05) is 6.26 Å². The van der Waals surface area contributed by atoms with Crippen molar-refractivity contribution < 1.29 is 4.92 Å². The second-order valence-electron chi connectivity index (χ2n) is 2.07. The van der Waals surface area contributed by atoms with Crippen LogP contribution in [0.1, 0.15) is 0 Å². The van der Waals surface area contributed by atoms with Gasteiger partial charge in [-0.25, -0.2) is 0 Å². The second kappa shape index (κ2) is 3.78. The van der Waals surface area contributed by atoms with Crippen LogP contribution < -0.4 is 0 Å². The first-order valence-corrected chi connectivity index (χ1v) is 4.73. The van der Waals surface area contributed by atoms with E-state index in [4.69, 9.17) is 11.6 Å². The van der Waals surface area contributed by atoms with Gasteiger partial charge in [-0.1, -0.05) is 11.6 Å². The first-order valence-electron chi connectivity index (χ1n) is 3.13.